The van der Waals surface area contributed by atoms with Crippen LogP contribution >= 0.6 is 0 Å². The molecular formula is C31H34BrN3O. The second-order valence-corrected chi connectivity index (χ2v) is 9.66. The molecule has 0 radical (unpaired) electrons. The second kappa shape index (κ2) is 11.3. The van der Waals surface area contributed by atoms with Crippen LogP contribution < -0.4 is 27.3 Å². The first-order valence-corrected chi connectivity index (χ1v) is 12.7. The maximum atomic E-state index is 13.4. The third-order valence-corrected chi connectivity index (χ3v) is 7.81. The van der Waals surface area contributed by atoms with Crippen LogP contribution in [0.25, 0.3) is 0 Å². The Kier molecular flexibility index (Phi) is 8.10. The molecule has 1 aromatic heterocycles. The van der Waals surface area contributed by atoms with E-state index in [0.29, 0.717) is 6.04 Å². The second-order valence-electron chi connectivity index (χ2n) is 9.66. The van der Waals surface area contributed by atoms with E-state index < -0.39 is 5.41 Å². The molecule has 1 fully saturated rings. The number of carbonyl (C=O) groups is 1. The summed E-state index contributed by atoms with van der Waals surface area (Å²) in [6, 6.07) is 31.2. The normalized spacial score (nSPS) is 17.5. The fourth-order valence-electron chi connectivity index (χ4n) is 6.24. The van der Waals surface area contributed by atoms with Crippen LogP contribution in [-0.4, -0.2) is 10.5 Å². The quantitative estimate of drug-likeness (QED) is 0.340. The van der Waals surface area contributed by atoms with Crippen molar-refractivity contribution in [1.82, 2.24) is 4.57 Å². The van der Waals surface area contributed by atoms with E-state index in [1.165, 1.54) is 11.4 Å². The highest BCUT2D eigenvalue weighted by molar-refractivity contribution is 5.91. The molecule has 2 atom stereocenters. The van der Waals surface area contributed by atoms with E-state index in [1.807, 2.05) is 36.4 Å². The lowest BCUT2D eigenvalue weighted by Crippen LogP contribution is -3.00. The van der Waals surface area contributed by atoms with Gasteiger partial charge in [-0.2, -0.15) is 0 Å². The third-order valence-electron chi connectivity index (χ3n) is 7.81. The molecule has 1 aliphatic carbocycles. The molecule has 2 unspecified atom stereocenters. The van der Waals surface area contributed by atoms with Crippen LogP contribution in [0.3, 0.4) is 0 Å². The summed E-state index contributed by atoms with van der Waals surface area (Å²) in [4.78, 5) is 13.4. The van der Waals surface area contributed by atoms with Gasteiger partial charge in [0.05, 0.1) is 0 Å². The number of amides is 1. The maximum absolute atomic E-state index is 13.4. The standard InChI is InChI=1S/C31H33N3O.BrH/c1-2-29-33(23-24-12-6-3-7-13-24)20-21-34(29)28-19-18-27(22-28)31(30(32)35,25-14-8-4-9-15-25)26-16-10-5-11-17-26;/h3-17,20-21,27-28H,2,18-19,22-23H2,1H3,(H-,32,35);1H. The van der Waals surface area contributed by atoms with Crippen molar-refractivity contribution in [2.24, 2.45) is 11.7 Å². The number of hydrogen-bond acceptors (Lipinski definition) is 1. The van der Waals surface area contributed by atoms with Crippen molar-refractivity contribution in [2.45, 2.75) is 50.6 Å². The molecule has 1 amide bonds. The van der Waals surface area contributed by atoms with E-state index in [9.17, 15) is 4.79 Å². The van der Waals surface area contributed by atoms with E-state index in [2.05, 4.69) is 83.0 Å². The van der Waals surface area contributed by atoms with Gasteiger partial charge in [-0.25, -0.2) is 9.13 Å². The smallest absolute Gasteiger partial charge is 0.256 e. The van der Waals surface area contributed by atoms with E-state index in [4.69, 9.17) is 5.73 Å². The van der Waals surface area contributed by atoms with Crippen molar-refractivity contribution >= 4 is 5.91 Å². The Morgan fingerprint density at radius 1 is 0.917 bits per heavy atom. The van der Waals surface area contributed by atoms with Gasteiger partial charge in [-0.1, -0.05) is 97.9 Å². The fourth-order valence-corrected chi connectivity index (χ4v) is 6.24. The number of benzene rings is 3. The molecule has 5 rings (SSSR count). The summed E-state index contributed by atoms with van der Waals surface area (Å²) in [6.07, 6.45) is 8.30. The average Bonchev–Trinajstić information content (AvgIpc) is 3.54. The Labute approximate surface area is 224 Å². The number of imidazole rings is 1. The molecule has 4 aromatic rings. The third kappa shape index (κ3) is 4.64. The lowest BCUT2D eigenvalue weighted by Gasteiger charge is -2.37. The number of hydrogen-bond donors (Lipinski definition) is 1. The van der Waals surface area contributed by atoms with Gasteiger partial charge >= 0.3 is 0 Å². The van der Waals surface area contributed by atoms with E-state index in [-0.39, 0.29) is 28.8 Å². The molecule has 0 bridgehead atoms. The van der Waals surface area contributed by atoms with Gasteiger partial charge in [0.2, 0.25) is 5.91 Å². The SMILES string of the molecule is CCc1n(C2CCC(C(C(N)=O)(c3ccccc3)c3ccccc3)C2)cc[n+]1Cc1ccccc1.[Br-]. The monoisotopic (exact) mass is 543 g/mol. The molecule has 0 saturated heterocycles. The van der Waals surface area contributed by atoms with Crippen LogP contribution in [0.4, 0.5) is 0 Å². The molecule has 2 N–H and O–H groups in total. The van der Waals surface area contributed by atoms with Gasteiger partial charge < -0.3 is 22.7 Å². The number of halogens is 1. The van der Waals surface area contributed by atoms with Gasteiger partial charge in [0.15, 0.2) is 0 Å². The summed E-state index contributed by atoms with van der Waals surface area (Å²) in [6.45, 7) is 3.09. The van der Waals surface area contributed by atoms with E-state index in [1.54, 1.807) is 0 Å². The minimum absolute atomic E-state index is 0. The lowest BCUT2D eigenvalue weighted by molar-refractivity contribution is -0.695. The minimum atomic E-state index is -0.836. The van der Waals surface area contributed by atoms with Crippen LogP contribution in [0.1, 0.15) is 54.7 Å². The highest BCUT2D eigenvalue weighted by atomic mass is 79.9. The summed E-state index contributed by atoms with van der Waals surface area (Å²) in [5, 5.41) is 0. The summed E-state index contributed by atoms with van der Waals surface area (Å²) >= 11 is 0. The first-order valence-electron chi connectivity index (χ1n) is 12.7. The van der Waals surface area contributed by atoms with Crippen molar-refractivity contribution in [3.8, 4) is 0 Å². The molecule has 3 aromatic carbocycles. The van der Waals surface area contributed by atoms with Gasteiger partial charge in [0.25, 0.3) is 5.82 Å². The Balaban J connectivity index is 0.00000304. The molecule has 5 heteroatoms. The Hall–Kier alpha value is -3.18. The number of nitrogens with zero attached hydrogens (tertiary/aromatic N) is 2. The number of aromatic nitrogens is 2. The van der Waals surface area contributed by atoms with Gasteiger partial charge in [-0.15, -0.1) is 0 Å². The summed E-state index contributed by atoms with van der Waals surface area (Å²) in [5.41, 5.74) is 8.75. The highest BCUT2D eigenvalue weighted by Gasteiger charge is 2.51. The number of primary amides is 1. The predicted molar refractivity (Wildman–Crippen MR) is 139 cm³/mol. The highest BCUT2D eigenvalue weighted by Crippen LogP contribution is 2.50. The molecule has 1 heterocycles. The van der Waals surface area contributed by atoms with Crippen LogP contribution in [0.15, 0.2) is 103 Å². The Morgan fingerprint density at radius 3 is 2.00 bits per heavy atom. The van der Waals surface area contributed by atoms with Crippen molar-refractivity contribution in [1.29, 1.82) is 0 Å². The molecule has 186 valence electrons. The van der Waals surface area contributed by atoms with Crippen LogP contribution in [0, 0.1) is 5.92 Å². The summed E-state index contributed by atoms with van der Waals surface area (Å²) in [5.74, 6) is 1.19. The number of carbonyl (C=O) groups excluding carboxylic acids is 1. The van der Waals surface area contributed by atoms with Gasteiger partial charge in [-0.3, -0.25) is 4.79 Å². The van der Waals surface area contributed by atoms with Crippen molar-refractivity contribution < 1.29 is 26.3 Å². The van der Waals surface area contributed by atoms with Crippen LogP contribution in [0.5, 0.6) is 0 Å². The largest absolute Gasteiger partial charge is 1.00 e. The van der Waals surface area contributed by atoms with Crippen molar-refractivity contribution in [2.75, 3.05) is 0 Å². The first-order chi connectivity index (χ1) is 17.1. The summed E-state index contributed by atoms with van der Waals surface area (Å²) in [7, 11) is 0. The van der Waals surface area contributed by atoms with Crippen molar-refractivity contribution in [3.63, 3.8) is 0 Å². The molecule has 1 aliphatic rings. The molecule has 0 spiro atoms. The Morgan fingerprint density at radius 2 is 1.47 bits per heavy atom. The maximum Gasteiger partial charge on any atom is 0.256 e. The molecule has 1 saturated carbocycles. The minimum Gasteiger partial charge on any atom is -1.00 e. The van der Waals surface area contributed by atoms with Crippen LogP contribution in [-0.2, 0) is 23.2 Å². The zero-order chi connectivity index (χ0) is 24.3. The summed E-state index contributed by atoms with van der Waals surface area (Å²) < 4.78 is 4.81. The topological polar surface area (TPSA) is 51.9 Å². The number of rotatable bonds is 8. The predicted octanol–water partition coefficient (Wildman–Crippen LogP) is 2.20. The lowest BCUT2D eigenvalue weighted by atomic mass is 9.64. The van der Waals surface area contributed by atoms with E-state index >= 15 is 0 Å². The Bertz CT molecular complexity index is 1230. The molecular weight excluding hydrogens is 510 g/mol. The first kappa shape index (κ1) is 25.9. The zero-order valence-electron chi connectivity index (χ0n) is 20.8. The molecule has 0 aliphatic heterocycles. The van der Waals surface area contributed by atoms with Gasteiger partial charge in [0, 0.05) is 6.42 Å². The van der Waals surface area contributed by atoms with Crippen LogP contribution in [0.2, 0.25) is 0 Å². The van der Waals surface area contributed by atoms with Crippen molar-refractivity contribution in [3.05, 3.63) is 126 Å². The zero-order valence-corrected chi connectivity index (χ0v) is 22.3. The number of nitrogens with two attached hydrogens (primary N) is 1. The average molecular weight is 545 g/mol. The fraction of sp³-hybridized carbons (Fsp3) is 0.290. The van der Waals surface area contributed by atoms with Gasteiger partial charge in [-0.05, 0) is 41.9 Å². The molecule has 4 nitrogen and oxygen atoms in total. The van der Waals surface area contributed by atoms with E-state index in [0.717, 1.165) is 43.4 Å². The van der Waals surface area contributed by atoms with Gasteiger partial charge in [0.1, 0.15) is 30.4 Å². The molecule has 36 heavy (non-hydrogen) atoms.